The molecule has 1 atom stereocenters. The van der Waals surface area contributed by atoms with Crippen LogP contribution in [0.25, 0.3) is 11.1 Å². The minimum atomic E-state index is -1.03. The van der Waals surface area contributed by atoms with Gasteiger partial charge >= 0.3 is 5.97 Å². The number of carboxylic acid groups (broad SMARTS) is 1. The minimum absolute atomic E-state index is 0.0231. The van der Waals surface area contributed by atoms with Crippen LogP contribution >= 0.6 is 0 Å². The van der Waals surface area contributed by atoms with Crippen LogP contribution in [0.3, 0.4) is 0 Å². The van der Waals surface area contributed by atoms with E-state index in [0.717, 1.165) is 54.4 Å². The molecule has 10 nitrogen and oxygen atoms in total. The number of nitrogens with one attached hydrogen (secondary N) is 1. The lowest BCUT2D eigenvalue weighted by atomic mass is 9.79. The predicted octanol–water partition coefficient (Wildman–Crippen LogP) is 5.53. The van der Waals surface area contributed by atoms with Gasteiger partial charge in [0.05, 0.1) is 19.5 Å². The van der Waals surface area contributed by atoms with Crippen molar-refractivity contribution in [1.82, 2.24) is 10.2 Å². The SMILES string of the molecule is CC(C)(CCCCC(=O)N1CCOCC1)c1ccc(-c2ccccc2CNC(=O)C2CCCO2)c(O)c1.O=C(O)c1ccco1. The van der Waals surface area contributed by atoms with Crippen molar-refractivity contribution in [2.45, 2.75) is 70.4 Å². The Balaban J connectivity index is 0.000000501. The zero-order valence-electron chi connectivity index (χ0n) is 26.1. The maximum atomic E-state index is 12.4. The van der Waals surface area contributed by atoms with Crippen LogP contribution in [-0.4, -0.2) is 71.9 Å². The Morgan fingerprint density at radius 1 is 0.978 bits per heavy atom. The van der Waals surface area contributed by atoms with Gasteiger partial charge < -0.3 is 34.3 Å². The van der Waals surface area contributed by atoms with Gasteiger partial charge in [-0.3, -0.25) is 9.59 Å². The number of nitrogens with zero attached hydrogens (tertiary/aromatic N) is 1. The third kappa shape index (κ3) is 9.67. The molecule has 3 heterocycles. The van der Waals surface area contributed by atoms with E-state index in [2.05, 4.69) is 29.6 Å². The van der Waals surface area contributed by atoms with Gasteiger partial charge in [-0.15, -0.1) is 0 Å². The first kappa shape index (κ1) is 33.7. The van der Waals surface area contributed by atoms with Crippen LogP contribution in [0.5, 0.6) is 5.75 Å². The van der Waals surface area contributed by atoms with Crippen molar-refractivity contribution in [3.8, 4) is 16.9 Å². The highest BCUT2D eigenvalue weighted by molar-refractivity contribution is 5.84. The molecule has 2 aromatic carbocycles. The van der Waals surface area contributed by atoms with Crippen LogP contribution in [0, 0.1) is 0 Å². The van der Waals surface area contributed by atoms with Crippen molar-refractivity contribution in [1.29, 1.82) is 0 Å². The van der Waals surface area contributed by atoms with Crippen molar-refractivity contribution in [2.24, 2.45) is 0 Å². The highest BCUT2D eigenvalue weighted by Crippen LogP contribution is 2.37. The van der Waals surface area contributed by atoms with E-state index in [1.807, 2.05) is 41.3 Å². The Morgan fingerprint density at radius 3 is 2.40 bits per heavy atom. The average Bonchev–Trinajstić information content (AvgIpc) is 3.79. The Hall–Kier alpha value is -4.15. The highest BCUT2D eigenvalue weighted by Gasteiger charge is 2.25. The maximum absolute atomic E-state index is 12.4. The summed E-state index contributed by atoms with van der Waals surface area (Å²) < 4.78 is 15.3. The van der Waals surface area contributed by atoms with Crippen LogP contribution in [0.2, 0.25) is 0 Å². The molecule has 0 saturated carbocycles. The number of phenolic OH excluding ortho intramolecular Hbond substituents is 1. The number of phenols is 1. The van der Waals surface area contributed by atoms with Crippen molar-refractivity contribution < 1.29 is 38.5 Å². The van der Waals surface area contributed by atoms with Crippen LogP contribution < -0.4 is 5.32 Å². The normalized spacial score (nSPS) is 16.5. The number of unbranched alkanes of at least 4 members (excludes halogenated alkanes) is 1. The molecule has 0 radical (unpaired) electrons. The Morgan fingerprint density at radius 2 is 1.76 bits per heavy atom. The van der Waals surface area contributed by atoms with Gasteiger partial charge in [0.25, 0.3) is 0 Å². The molecule has 0 aliphatic carbocycles. The van der Waals surface area contributed by atoms with Gasteiger partial charge in [0, 0.05) is 38.2 Å². The number of ether oxygens (including phenoxy) is 2. The summed E-state index contributed by atoms with van der Waals surface area (Å²) in [6.45, 7) is 8.03. The minimum Gasteiger partial charge on any atom is -0.507 e. The fourth-order valence-corrected chi connectivity index (χ4v) is 5.56. The molecule has 1 aromatic heterocycles. The Labute approximate surface area is 264 Å². The van der Waals surface area contributed by atoms with Crippen molar-refractivity contribution in [3.05, 3.63) is 77.7 Å². The third-order valence-electron chi connectivity index (χ3n) is 8.30. The monoisotopic (exact) mass is 620 g/mol. The number of morpholine rings is 1. The number of hydrogen-bond acceptors (Lipinski definition) is 7. The number of hydrogen-bond donors (Lipinski definition) is 3. The predicted molar refractivity (Wildman–Crippen MR) is 169 cm³/mol. The number of amides is 2. The zero-order chi connectivity index (χ0) is 32.2. The van der Waals surface area contributed by atoms with Crippen LogP contribution in [-0.2, 0) is 31.0 Å². The molecule has 3 N–H and O–H groups in total. The second-order valence-corrected chi connectivity index (χ2v) is 12.0. The van der Waals surface area contributed by atoms with Crippen LogP contribution in [0.1, 0.15) is 74.1 Å². The van der Waals surface area contributed by atoms with Gasteiger partial charge in [0.1, 0.15) is 11.9 Å². The van der Waals surface area contributed by atoms with Gasteiger partial charge in [-0.05, 0) is 66.0 Å². The summed E-state index contributed by atoms with van der Waals surface area (Å²) in [5.74, 6) is -0.694. The molecule has 10 heteroatoms. The molecular formula is C35H44N2O8. The highest BCUT2D eigenvalue weighted by atomic mass is 16.5. The zero-order valence-corrected chi connectivity index (χ0v) is 26.1. The number of carbonyl (C=O) groups excluding carboxylic acids is 2. The van der Waals surface area contributed by atoms with Crippen molar-refractivity contribution >= 4 is 17.8 Å². The van der Waals surface area contributed by atoms with E-state index in [1.54, 1.807) is 0 Å². The number of aromatic hydroxyl groups is 1. The van der Waals surface area contributed by atoms with E-state index >= 15 is 0 Å². The molecule has 1 unspecified atom stereocenters. The molecular weight excluding hydrogens is 576 g/mol. The molecule has 45 heavy (non-hydrogen) atoms. The molecule has 0 bridgehead atoms. The van der Waals surface area contributed by atoms with Gasteiger partial charge in [0.15, 0.2) is 0 Å². The lowest BCUT2D eigenvalue weighted by Crippen LogP contribution is -2.40. The van der Waals surface area contributed by atoms with Gasteiger partial charge in [-0.2, -0.15) is 0 Å². The number of carboxylic acids is 1. The summed E-state index contributed by atoms with van der Waals surface area (Å²) in [4.78, 5) is 36.7. The number of benzene rings is 2. The first-order valence-corrected chi connectivity index (χ1v) is 15.6. The van der Waals surface area contributed by atoms with Crippen molar-refractivity contribution in [3.63, 3.8) is 0 Å². The number of aromatic carboxylic acids is 1. The second-order valence-electron chi connectivity index (χ2n) is 12.0. The third-order valence-corrected chi connectivity index (χ3v) is 8.30. The Bertz CT molecular complexity index is 1410. The summed E-state index contributed by atoms with van der Waals surface area (Å²) in [5.41, 5.74) is 3.53. The molecule has 2 fully saturated rings. The lowest BCUT2D eigenvalue weighted by molar-refractivity contribution is -0.135. The van der Waals surface area contributed by atoms with Crippen LogP contribution in [0.15, 0.2) is 65.3 Å². The smallest absolute Gasteiger partial charge is 0.371 e. The summed E-state index contributed by atoms with van der Waals surface area (Å²) in [5, 5.41) is 22.2. The molecule has 5 rings (SSSR count). The maximum Gasteiger partial charge on any atom is 0.371 e. The first-order valence-electron chi connectivity index (χ1n) is 15.6. The molecule has 2 saturated heterocycles. The molecule has 2 aliphatic rings. The fourth-order valence-electron chi connectivity index (χ4n) is 5.56. The standard InChI is InChI=1S/C30H40N2O5.C5H4O3/c1-30(2,14-6-5-11-28(34)32-15-18-36-19-16-32)23-12-13-25(26(33)20-23)24-9-4-3-8-22(24)21-31-29(35)27-10-7-17-37-27;6-5(7)4-2-1-3-8-4/h3-4,8-9,12-13,20,27,33H,5-7,10-11,14-19,21H2,1-2H3,(H,31,35);1-3H,(H,6,7). The summed E-state index contributed by atoms with van der Waals surface area (Å²) >= 11 is 0. The summed E-state index contributed by atoms with van der Waals surface area (Å²) in [6, 6.07) is 16.7. The molecule has 0 spiro atoms. The van der Waals surface area contributed by atoms with Gasteiger partial charge in [-0.25, -0.2) is 4.79 Å². The second kappa shape index (κ2) is 16.2. The van der Waals surface area contributed by atoms with Crippen LogP contribution in [0.4, 0.5) is 0 Å². The number of rotatable bonds is 11. The fraction of sp³-hybridized carbons (Fsp3) is 0.457. The average molecular weight is 621 g/mol. The van der Waals surface area contributed by atoms with E-state index in [4.69, 9.17) is 14.6 Å². The largest absolute Gasteiger partial charge is 0.507 e. The summed E-state index contributed by atoms with van der Waals surface area (Å²) in [7, 11) is 0. The molecule has 3 aromatic rings. The number of furan rings is 1. The first-order chi connectivity index (χ1) is 21.7. The number of carbonyl (C=O) groups is 3. The quantitative estimate of drug-likeness (QED) is 0.238. The Kier molecular flexibility index (Phi) is 12.2. The van der Waals surface area contributed by atoms with Gasteiger partial charge in [-0.1, -0.05) is 56.7 Å². The summed E-state index contributed by atoms with van der Waals surface area (Å²) in [6.07, 6.45) is 5.93. The molecule has 2 amide bonds. The van der Waals surface area contributed by atoms with E-state index < -0.39 is 5.97 Å². The van der Waals surface area contributed by atoms with E-state index in [1.165, 1.54) is 18.4 Å². The van der Waals surface area contributed by atoms with E-state index in [-0.39, 0.29) is 34.8 Å². The lowest BCUT2D eigenvalue weighted by Gasteiger charge is -2.28. The molecule has 2 aliphatic heterocycles. The van der Waals surface area contributed by atoms with E-state index in [9.17, 15) is 19.5 Å². The van der Waals surface area contributed by atoms with E-state index in [0.29, 0.717) is 45.9 Å². The molecule has 242 valence electrons. The van der Waals surface area contributed by atoms with Crippen molar-refractivity contribution in [2.75, 3.05) is 32.9 Å². The topological polar surface area (TPSA) is 139 Å². The van der Waals surface area contributed by atoms with Gasteiger partial charge in [0.2, 0.25) is 17.6 Å².